The van der Waals surface area contributed by atoms with Gasteiger partial charge in [-0.3, -0.25) is 0 Å². The van der Waals surface area contributed by atoms with Gasteiger partial charge in [0.2, 0.25) is 10.0 Å². The number of methoxy groups -OCH3 is 1. The van der Waals surface area contributed by atoms with Gasteiger partial charge in [-0.25, -0.2) is 8.42 Å². The number of hydrogen-bond acceptors (Lipinski definition) is 4. The molecule has 0 unspecified atom stereocenters. The standard InChI is InChI=1S/C23H25N3O3S2/c1-29-21-9-6-18(7-10-21)17-24-23(30)25-12-14-26(15-13-25)31(27,28)22-11-8-19-4-2-3-5-20(19)16-22/h2-11,16H,12-15,17H2,1H3,(H,24,30). The Morgan fingerprint density at radius 3 is 2.32 bits per heavy atom. The largest absolute Gasteiger partial charge is 0.497 e. The van der Waals surface area contributed by atoms with Crippen LogP contribution in [0, 0.1) is 0 Å². The molecule has 3 aromatic carbocycles. The Hall–Kier alpha value is -2.68. The van der Waals surface area contributed by atoms with Crippen molar-refractivity contribution in [2.45, 2.75) is 11.4 Å². The number of fused-ring (bicyclic) bond motifs is 1. The molecule has 1 saturated heterocycles. The molecule has 0 atom stereocenters. The minimum absolute atomic E-state index is 0.333. The molecule has 0 aliphatic carbocycles. The van der Waals surface area contributed by atoms with Gasteiger partial charge in [-0.05, 0) is 52.8 Å². The molecule has 0 saturated carbocycles. The zero-order chi connectivity index (χ0) is 21.8. The van der Waals surface area contributed by atoms with Crippen LogP contribution in [-0.2, 0) is 16.6 Å². The fourth-order valence-electron chi connectivity index (χ4n) is 3.64. The summed E-state index contributed by atoms with van der Waals surface area (Å²) in [5.41, 5.74) is 1.10. The van der Waals surface area contributed by atoms with Crippen LogP contribution in [0.4, 0.5) is 0 Å². The summed E-state index contributed by atoms with van der Waals surface area (Å²) in [4.78, 5) is 2.35. The first-order valence-electron chi connectivity index (χ1n) is 10.1. The third-order valence-corrected chi connectivity index (χ3v) is 7.78. The third kappa shape index (κ3) is 4.81. The average molecular weight is 456 g/mol. The molecule has 31 heavy (non-hydrogen) atoms. The summed E-state index contributed by atoms with van der Waals surface area (Å²) < 4.78 is 33.0. The van der Waals surface area contributed by atoms with E-state index in [1.807, 2.05) is 59.5 Å². The Balaban J connectivity index is 1.35. The summed E-state index contributed by atoms with van der Waals surface area (Å²) in [6, 6.07) is 20.9. The Labute approximate surface area is 188 Å². The van der Waals surface area contributed by atoms with Crippen LogP contribution in [0.1, 0.15) is 5.56 Å². The zero-order valence-corrected chi connectivity index (χ0v) is 19.0. The van der Waals surface area contributed by atoms with Gasteiger partial charge in [0.1, 0.15) is 5.75 Å². The van der Waals surface area contributed by atoms with Crippen LogP contribution >= 0.6 is 12.2 Å². The number of benzene rings is 3. The van der Waals surface area contributed by atoms with Crippen molar-refractivity contribution < 1.29 is 13.2 Å². The minimum Gasteiger partial charge on any atom is -0.497 e. The highest BCUT2D eigenvalue weighted by molar-refractivity contribution is 7.89. The zero-order valence-electron chi connectivity index (χ0n) is 17.3. The number of hydrogen-bond donors (Lipinski definition) is 1. The van der Waals surface area contributed by atoms with Crippen molar-refractivity contribution in [2.24, 2.45) is 0 Å². The van der Waals surface area contributed by atoms with E-state index in [9.17, 15) is 8.42 Å². The average Bonchev–Trinajstić information content (AvgIpc) is 2.82. The Morgan fingerprint density at radius 2 is 1.65 bits per heavy atom. The van der Waals surface area contributed by atoms with Gasteiger partial charge in [0, 0.05) is 32.7 Å². The molecule has 6 nitrogen and oxygen atoms in total. The third-order valence-electron chi connectivity index (χ3n) is 5.49. The second-order valence-electron chi connectivity index (χ2n) is 7.41. The lowest BCUT2D eigenvalue weighted by Crippen LogP contribution is -2.52. The molecule has 1 aliphatic rings. The molecule has 1 fully saturated rings. The van der Waals surface area contributed by atoms with Gasteiger partial charge >= 0.3 is 0 Å². The van der Waals surface area contributed by atoms with Crippen LogP contribution in [0.3, 0.4) is 0 Å². The van der Waals surface area contributed by atoms with Crippen LogP contribution in [0.2, 0.25) is 0 Å². The Bertz CT molecular complexity index is 1170. The lowest BCUT2D eigenvalue weighted by Gasteiger charge is -2.35. The number of sulfonamides is 1. The molecule has 0 bridgehead atoms. The Kier molecular flexibility index (Phi) is 6.41. The molecule has 3 aromatic rings. The fraction of sp³-hybridized carbons (Fsp3) is 0.261. The minimum atomic E-state index is -3.53. The van der Waals surface area contributed by atoms with E-state index in [1.165, 1.54) is 0 Å². The van der Waals surface area contributed by atoms with Gasteiger partial charge in [0.05, 0.1) is 12.0 Å². The summed E-state index contributed by atoms with van der Waals surface area (Å²) in [6.45, 7) is 2.53. The van der Waals surface area contributed by atoms with E-state index in [1.54, 1.807) is 23.5 Å². The number of nitrogens with zero attached hydrogens (tertiary/aromatic N) is 2. The van der Waals surface area contributed by atoms with Gasteiger partial charge < -0.3 is 15.0 Å². The highest BCUT2D eigenvalue weighted by atomic mass is 32.2. The first-order chi connectivity index (χ1) is 15.0. The summed E-state index contributed by atoms with van der Waals surface area (Å²) in [5.74, 6) is 0.815. The first kappa shape index (κ1) is 21.5. The van der Waals surface area contributed by atoms with Crippen molar-refractivity contribution >= 4 is 38.1 Å². The summed E-state index contributed by atoms with van der Waals surface area (Å²) >= 11 is 5.52. The highest BCUT2D eigenvalue weighted by Gasteiger charge is 2.29. The summed E-state index contributed by atoms with van der Waals surface area (Å²) in [7, 11) is -1.89. The summed E-state index contributed by atoms with van der Waals surface area (Å²) in [6.07, 6.45) is 0. The van der Waals surface area contributed by atoms with Crippen molar-refractivity contribution in [3.8, 4) is 5.75 Å². The highest BCUT2D eigenvalue weighted by Crippen LogP contribution is 2.23. The van der Waals surface area contributed by atoms with E-state index in [2.05, 4.69) is 5.32 Å². The number of piperazine rings is 1. The van der Waals surface area contributed by atoms with Crippen molar-refractivity contribution in [3.63, 3.8) is 0 Å². The molecular formula is C23H25N3O3S2. The topological polar surface area (TPSA) is 61.9 Å². The van der Waals surface area contributed by atoms with Crippen LogP contribution in [0.15, 0.2) is 71.6 Å². The first-order valence-corrected chi connectivity index (χ1v) is 12.0. The van der Waals surface area contributed by atoms with Gasteiger partial charge in [0.15, 0.2) is 5.11 Å². The number of thiocarbonyl (C=S) groups is 1. The molecule has 4 rings (SSSR count). The second kappa shape index (κ2) is 9.21. The molecule has 1 aliphatic heterocycles. The normalized spacial score (nSPS) is 15.1. The molecule has 1 N–H and O–H groups in total. The van der Waals surface area contributed by atoms with Crippen molar-refractivity contribution in [1.82, 2.24) is 14.5 Å². The van der Waals surface area contributed by atoms with E-state index < -0.39 is 10.0 Å². The monoisotopic (exact) mass is 455 g/mol. The van der Waals surface area contributed by atoms with Gasteiger partial charge in [-0.2, -0.15) is 4.31 Å². The molecule has 0 radical (unpaired) electrons. The lowest BCUT2D eigenvalue weighted by atomic mass is 10.1. The van der Waals surface area contributed by atoms with Crippen molar-refractivity contribution in [2.75, 3.05) is 33.3 Å². The maximum atomic E-state index is 13.1. The van der Waals surface area contributed by atoms with Crippen LogP contribution < -0.4 is 10.1 Å². The van der Waals surface area contributed by atoms with E-state index in [0.717, 1.165) is 22.1 Å². The number of nitrogens with one attached hydrogen (secondary N) is 1. The van der Waals surface area contributed by atoms with Crippen molar-refractivity contribution in [3.05, 3.63) is 72.3 Å². The molecule has 0 amide bonds. The van der Waals surface area contributed by atoms with Crippen LogP contribution in [-0.4, -0.2) is 56.0 Å². The van der Waals surface area contributed by atoms with E-state index in [0.29, 0.717) is 42.7 Å². The predicted molar refractivity (Wildman–Crippen MR) is 127 cm³/mol. The quantitative estimate of drug-likeness (QED) is 0.596. The van der Waals surface area contributed by atoms with Gasteiger partial charge in [0.25, 0.3) is 0 Å². The van der Waals surface area contributed by atoms with Gasteiger partial charge in [-0.15, -0.1) is 0 Å². The summed E-state index contributed by atoms with van der Waals surface area (Å²) in [5, 5.41) is 5.85. The molecular weight excluding hydrogens is 430 g/mol. The molecule has 1 heterocycles. The fourth-order valence-corrected chi connectivity index (χ4v) is 5.35. The maximum absolute atomic E-state index is 13.1. The number of rotatable bonds is 5. The van der Waals surface area contributed by atoms with Gasteiger partial charge in [-0.1, -0.05) is 42.5 Å². The lowest BCUT2D eigenvalue weighted by molar-refractivity contribution is 0.264. The van der Waals surface area contributed by atoms with Crippen molar-refractivity contribution in [1.29, 1.82) is 0 Å². The molecule has 0 aromatic heterocycles. The van der Waals surface area contributed by atoms with E-state index in [4.69, 9.17) is 17.0 Å². The SMILES string of the molecule is COc1ccc(CNC(=S)N2CCN(S(=O)(=O)c3ccc4ccccc4c3)CC2)cc1. The molecule has 8 heteroatoms. The van der Waals surface area contributed by atoms with Crippen LogP contribution in [0.5, 0.6) is 5.75 Å². The molecule has 162 valence electrons. The predicted octanol–water partition coefficient (Wildman–Crippen LogP) is 3.23. The Morgan fingerprint density at radius 1 is 0.968 bits per heavy atom. The second-order valence-corrected chi connectivity index (χ2v) is 9.73. The van der Waals surface area contributed by atoms with E-state index in [-0.39, 0.29) is 0 Å². The number of ether oxygens (including phenoxy) is 1. The van der Waals surface area contributed by atoms with Crippen LogP contribution in [0.25, 0.3) is 10.8 Å². The maximum Gasteiger partial charge on any atom is 0.243 e. The van der Waals surface area contributed by atoms with E-state index >= 15 is 0 Å². The smallest absolute Gasteiger partial charge is 0.243 e. The molecule has 0 spiro atoms.